The van der Waals surface area contributed by atoms with E-state index in [1.54, 1.807) is 0 Å². The molecular weight excluding hydrogens is 224 g/mol. The van der Waals surface area contributed by atoms with Crippen LogP contribution in [0.5, 0.6) is 0 Å². The van der Waals surface area contributed by atoms with Gasteiger partial charge in [-0.25, -0.2) is 4.98 Å². The number of nitrogen functional groups attached to an aromatic ring is 1. The summed E-state index contributed by atoms with van der Waals surface area (Å²) in [6, 6.07) is 2.86. The molecule has 0 spiro atoms. The SMILES string of the molecule is Nc1nc(NCC2CC(O)C2)ccc1[N+](=O)[O-]. The number of aromatic nitrogens is 1. The molecule has 0 aliphatic heterocycles. The van der Waals surface area contributed by atoms with E-state index in [-0.39, 0.29) is 17.6 Å². The topological polar surface area (TPSA) is 114 Å². The number of nitrogens with one attached hydrogen (secondary N) is 1. The molecule has 0 bridgehead atoms. The van der Waals surface area contributed by atoms with Gasteiger partial charge in [-0.1, -0.05) is 0 Å². The summed E-state index contributed by atoms with van der Waals surface area (Å²) in [6.45, 7) is 0.696. The van der Waals surface area contributed by atoms with Crippen LogP contribution >= 0.6 is 0 Å². The normalized spacial score (nSPS) is 22.9. The molecule has 0 radical (unpaired) electrons. The van der Waals surface area contributed by atoms with Crippen molar-refractivity contribution in [2.75, 3.05) is 17.6 Å². The molecule has 1 aliphatic carbocycles. The third kappa shape index (κ3) is 2.62. The Morgan fingerprint density at radius 2 is 2.29 bits per heavy atom. The van der Waals surface area contributed by atoms with E-state index in [1.807, 2.05) is 0 Å². The molecule has 0 unspecified atom stereocenters. The summed E-state index contributed by atoms with van der Waals surface area (Å²) >= 11 is 0. The molecule has 1 aliphatic rings. The molecule has 1 aromatic rings. The number of anilines is 2. The molecule has 2 rings (SSSR count). The second-order valence-electron chi connectivity index (χ2n) is 4.23. The summed E-state index contributed by atoms with van der Waals surface area (Å²) in [5.74, 6) is 0.867. The first-order valence-corrected chi connectivity index (χ1v) is 5.39. The van der Waals surface area contributed by atoms with E-state index in [0.717, 1.165) is 12.8 Å². The fourth-order valence-electron chi connectivity index (χ4n) is 1.84. The highest BCUT2D eigenvalue weighted by Gasteiger charge is 2.26. The number of aliphatic hydroxyl groups is 1. The summed E-state index contributed by atoms with van der Waals surface area (Å²) in [6.07, 6.45) is 1.39. The van der Waals surface area contributed by atoms with E-state index in [9.17, 15) is 10.1 Å². The van der Waals surface area contributed by atoms with Crippen LogP contribution in [0.25, 0.3) is 0 Å². The summed E-state index contributed by atoms with van der Waals surface area (Å²) in [4.78, 5) is 13.9. The molecule has 92 valence electrons. The van der Waals surface area contributed by atoms with Crippen molar-refractivity contribution in [3.05, 3.63) is 22.2 Å². The van der Waals surface area contributed by atoms with E-state index in [1.165, 1.54) is 12.1 Å². The van der Waals surface area contributed by atoms with Gasteiger partial charge in [0.05, 0.1) is 11.0 Å². The van der Waals surface area contributed by atoms with E-state index in [4.69, 9.17) is 10.8 Å². The van der Waals surface area contributed by atoms with E-state index in [2.05, 4.69) is 10.3 Å². The number of hydrogen-bond donors (Lipinski definition) is 3. The average molecular weight is 238 g/mol. The minimum Gasteiger partial charge on any atom is -0.393 e. The van der Waals surface area contributed by atoms with Crippen molar-refractivity contribution in [3.8, 4) is 0 Å². The number of hydrogen-bond acceptors (Lipinski definition) is 6. The molecule has 1 aromatic heterocycles. The Labute approximate surface area is 97.8 Å². The lowest BCUT2D eigenvalue weighted by Gasteiger charge is -2.31. The zero-order valence-corrected chi connectivity index (χ0v) is 9.17. The van der Waals surface area contributed by atoms with Crippen LogP contribution in [0.1, 0.15) is 12.8 Å². The van der Waals surface area contributed by atoms with Gasteiger partial charge in [0.2, 0.25) is 5.82 Å². The number of nitrogens with two attached hydrogens (primary N) is 1. The van der Waals surface area contributed by atoms with Gasteiger partial charge in [0.15, 0.2) is 0 Å². The third-order valence-electron chi connectivity index (χ3n) is 2.88. The molecule has 0 aromatic carbocycles. The van der Waals surface area contributed by atoms with Crippen LogP contribution in [-0.4, -0.2) is 27.7 Å². The lowest BCUT2D eigenvalue weighted by molar-refractivity contribution is -0.384. The van der Waals surface area contributed by atoms with Crippen LogP contribution in [0, 0.1) is 16.0 Å². The Morgan fingerprint density at radius 1 is 1.59 bits per heavy atom. The summed E-state index contributed by atoms with van der Waals surface area (Å²) in [7, 11) is 0. The van der Waals surface area contributed by atoms with Crippen molar-refractivity contribution in [3.63, 3.8) is 0 Å². The van der Waals surface area contributed by atoms with Crippen molar-refractivity contribution in [1.82, 2.24) is 4.98 Å². The fourth-order valence-corrected chi connectivity index (χ4v) is 1.84. The summed E-state index contributed by atoms with van der Waals surface area (Å²) < 4.78 is 0. The molecule has 0 atom stereocenters. The lowest BCUT2D eigenvalue weighted by Crippen LogP contribution is -2.33. The highest BCUT2D eigenvalue weighted by molar-refractivity contribution is 5.57. The van der Waals surface area contributed by atoms with Gasteiger partial charge < -0.3 is 16.2 Å². The van der Waals surface area contributed by atoms with E-state index >= 15 is 0 Å². The predicted molar refractivity (Wildman–Crippen MR) is 62.5 cm³/mol. The Morgan fingerprint density at radius 3 is 2.82 bits per heavy atom. The minimum absolute atomic E-state index is 0.0892. The van der Waals surface area contributed by atoms with Crippen LogP contribution in [0.2, 0.25) is 0 Å². The van der Waals surface area contributed by atoms with Crippen LogP contribution in [0.15, 0.2) is 12.1 Å². The first kappa shape index (κ1) is 11.6. The highest BCUT2D eigenvalue weighted by atomic mass is 16.6. The number of nitro groups is 1. The molecule has 17 heavy (non-hydrogen) atoms. The molecule has 0 amide bonds. The molecule has 1 heterocycles. The quantitative estimate of drug-likeness (QED) is 0.527. The molecule has 0 saturated heterocycles. The van der Waals surface area contributed by atoms with Gasteiger partial charge in [0, 0.05) is 12.6 Å². The maximum absolute atomic E-state index is 10.5. The Kier molecular flexibility index (Phi) is 3.10. The van der Waals surface area contributed by atoms with Gasteiger partial charge in [-0.15, -0.1) is 0 Å². The molecule has 1 fully saturated rings. The minimum atomic E-state index is -0.561. The highest BCUT2D eigenvalue weighted by Crippen LogP contribution is 2.27. The van der Waals surface area contributed by atoms with Gasteiger partial charge in [0.1, 0.15) is 5.82 Å². The first-order chi connectivity index (χ1) is 8.06. The molecular formula is C10H14N4O3. The Bertz CT molecular complexity index is 432. The van der Waals surface area contributed by atoms with Crippen LogP contribution in [0.4, 0.5) is 17.3 Å². The molecule has 4 N–H and O–H groups in total. The van der Waals surface area contributed by atoms with Crippen molar-refractivity contribution in [2.24, 2.45) is 5.92 Å². The van der Waals surface area contributed by atoms with E-state index < -0.39 is 4.92 Å². The largest absolute Gasteiger partial charge is 0.393 e. The average Bonchev–Trinajstić information content (AvgIpc) is 2.22. The number of aliphatic hydroxyl groups excluding tert-OH is 1. The monoisotopic (exact) mass is 238 g/mol. The van der Waals surface area contributed by atoms with Gasteiger partial charge >= 0.3 is 5.69 Å². The van der Waals surface area contributed by atoms with Gasteiger partial charge in [0.25, 0.3) is 0 Å². The zero-order valence-electron chi connectivity index (χ0n) is 9.17. The lowest BCUT2D eigenvalue weighted by atomic mass is 9.82. The number of pyridine rings is 1. The number of rotatable bonds is 4. The van der Waals surface area contributed by atoms with Crippen molar-refractivity contribution in [2.45, 2.75) is 18.9 Å². The van der Waals surface area contributed by atoms with E-state index in [0.29, 0.717) is 18.3 Å². The predicted octanol–water partition coefficient (Wildman–Crippen LogP) is 0.755. The molecule has 7 nitrogen and oxygen atoms in total. The van der Waals surface area contributed by atoms with Crippen LogP contribution in [0.3, 0.4) is 0 Å². The summed E-state index contributed by atoms with van der Waals surface area (Å²) in [5, 5.41) is 22.7. The van der Waals surface area contributed by atoms with Crippen LogP contribution in [-0.2, 0) is 0 Å². The van der Waals surface area contributed by atoms with Crippen molar-refractivity contribution < 1.29 is 10.0 Å². The van der Waals surface area contributed by atoms with Gasteiger partial charge in [-0.3, -0.25) is 10.1 Å². The maximum atomic E-state index is 10.5. The molecule has 1 saturated carbocycles. The van der Waals surface area contributed by atoms with Gasteiger partial charge in [-0.2, -0.15) is 0 Å². The standard InChI is InChI=1S/C10H14N4O3/c11-10-8(14(16)17)1-2-9(13-10)12-5-6-3-7(15)4-6/h1-2,6-7,15H,3-5H2,(H3,11,12,13). The Balaban J connectivity index is 1.93. The maximum Gasteiger partial charge on any atom is 0.311 e. The molecule has 7 heteroatoms. The Hall–Kier alpha value is -1.89. The van der Waals surface area contributed by atoms with Crippen molar-refractivity contribution in [1.29, 1.82) is 0 Å². The number of nitrogens with zero attached hydrogens (tertiary/aromatic N) is 2. The van der Waals surface area contributed by atoms with Gasteiger partial charge in [-0.05, 0) is 24.8 Å². The van der Waals surface area contributed by atoms with Crippen LogP contribution < -0.4 is 11.1 Å². The second-order valence-corrected chi connectivity index (χ2v) is 4.23. The smallest absolute Gasteiger partial charge is 0.311 e. The first-order valence-electron chi connectivity index (χ1n) is 5.39. The third-order valence-corrected chi connectivity index (χ3v) is 2.88. The van der Waals surface area contributed by atoms with Crippen molar-refractivity contribution >= 4 is 17.3 Å². The second kappa shape index (κ2) is 4.54. The zero-order chi connectivity index (χ0) is 12.4. The fraction of sp³-hybridized carbons (Fsp3) is 0.500. The summed E-state index contributed by atoms with van der Waals surface area (Å²) in [5.41, 5.74) is 5.28.